The number of benzene rings is 2. The second kappa shape index (κ2) is 10.3. The predicted molar refractivity (Wildman–Crippen MR) is 142 cm³/mol. The molecule has 1 aliphatic carbocycles. The Balaban J connectivity index is 1.25. The molecule has 2 aromatic carbocycles. The lowest BCUT2D eigenvalue weighted by Gasteiger charge is -2.39. The maximum atomic E-state index is 12.6. The van der Waals surface area contributed by atoms with Crippen LogP contribution in [0.4, 0.5) is 0 Å². The number of hydrazone groups is 1. The van der Waals surface area contributed by atoms with Gasteiger partial charge in [0.1, 0.15) is 5.15 Å². The van der Waals surface area contributed by atoms with E-state index in [2.05, 4.69) is 50.8 Å². The molecule has 0 radical (unpaired) electrons. The zero-order valence-corrected chi connectivity index (χ0v) is 20.8. The number of halogens is 2. The fourth-order valence-electron chi connectivity index (χ4n) is 5.06. The molecule has 0 atom stereocenters. The van der Waals surface area contributed by atoms with Gasteiger partial charge in [-0.15, -0.1) is 0 Å². The third-order valence-electron chi connectivity index (χ3n) is 6.95. The Morgan fingerprint density at radius 3 is 2.63 bits per heavy atom. The van der Waals surface area contributed by atoms with Crippen LogP contribution < -0.4 is 5.43 Å². The van der Waals surface area contributed by atoms with Crippen molar-refractivity contribution >= 4 is 40.9 Å². The van der Waals surface area contributed by atoms with Gasteiger partial charge in [-0.3, -0.25) is 9.69 Å². The standard InChI is InChI=1S/C28H26Cl2N4O/c29-22-9-7-20(8-10-22)4-3-15-34-16-12-28(13-17-34)19-25(23-5-1-2-6-24(23)28)32-33-27(35)21-11-14-31-26(30)18-21/h1-11,14,18H,12-13,15-17,19H2,(H,33,35). The Morgan fingerprint density at radius 1 is 1.09 bits per heavy atom. The summed E-state index contributed by atoms with van der Waals surface area (Å²) in [5.74, 6) is -0.289. The molecule has 1 saturated heterocycles. The van der Waals surface area contributed by atoms with Crippen LogP contribution in [0, 0.1) is 0 Å². The fraction of sp³-hybridized carbons (Fsp3) is 0.250. The number of fused-ring (bicyclic) bond motifs is 2. The van der Waals surface area contributed by atoms with Crippen LogP contribution in [-0.4, -0.2) is 41.1 Å². The number of carbonyl (C=O) groups is 1. The smallest absolute Gasteiger partial charge is 0.271 e. The van der Waals surface area contributed by atoms with Crippen LogP contribution in [0.2, 0.25) is 10.2 Å². The quantitative estimate of drug-likeness (QED) is 0.343. The number of hydrogen-bond acceptors (Lipinski definition) is 4. The molecule has 5 rings (SSSR count). The molecule has 2 heterocycles. The molecule has 1 aromatic heterocycles. The summed E-state index contributed by atoms with van der Waals surface area (Å²) in [5.41, 5.74) is 7.80. The van der Waals surface area contributed by atoms with Crippen molar-refractivity contribution in [3.05, 3.63) is 105 Å². The van der Waals surface area contributed by atoms with E-state index in [9.17, 15) is 4.79 Å². The van der Waals surface area contributed by atoms with Gasteiger partial charge < -0.3 is 0 Å². The molecule has 1 fully saturated rings. The zero-order chi connectivity index (χ0) is 24.3. The number of likely N-dealkylation sites (tertiary alicyclic amines) is 1. The highest BCUT2D eigenvalue weighted by atomic mass is 35.5. The number of nitrogens with one attached hydrogen (secondary N) is 1. The highest BCUT2D eigenvalue weighted by molar-refractivity contribution is 6.30. The fourth-order valence-corrected chi connectivity index (χ4v) is 5.36. The summed E-state index contributed by atoms with van der Waals surface area (Å²) in [6.07, 6.45) is 8.84. The van der Waals surface area contributed by atoms with E-state index in [-0.39, 0.29) is 16.5 Å². The summed E-state index contributed by atoms with van der Waals surface area (Å²) in [6, 6.07) is 19.5. The summed E-state index contributed by atoms with van der Waals surface area (Å²) < 4.78 is 0. The van der Waals surface area contributed by atoms with Gasteiger partial charge >= 0.3 is 0 Å². The minimum Gasteiger partial charge on any atom is -0.300 e. The lowest BCUT2D eigenvalue weighted by molar-refractivity contribution is 0.0954. The molecule has 0 saturated carbocycles. The number of hydrogen-bond donors (Lipinski definition) is 1. The van der Waals surface area contributed by atoms with Gasteiger partial charge in [-0.05, 0) is 61.3 Å². The number of amides is 1. The molecule has 0 unspecified atom stereocenters. The SMILES string of the molecule is O=C(NN=C1CC2(CCN(CC=Cc3ccc(Cl)cc3)CC2)c2ccccc21)c1ccnc(Cl)c1. The lowest BCUT2D eigenvalue weighted by Crippen LogP contribution is -2.41. The third kappa shape index (κ3) is 5.32. The summed E-state index contributed by atoms with van der Waals surface area (Å²) in [4.78, 5) is 19.0. The molecule has 7 heteroatoms. The normalized spacial score (nSPS) is 18.3. The molecule has 1 N–H and O–H groups in total. The number of pyridine rings is 1. The third-order valence-corrected chi connectivity index (χ3v) is 7.41. The maximum Gasteiger partial charge on any atom is 0.271 e. The molecule has 1 amide bonds. The van der Waals surface area contributed by atoms with Crippen molar-refractivity contribution in [2.24, 2.45) is 5.10 Å². The number of aromatic nitrogens is 1. The highest BCUT2D eigenvalue weighted by Gasteiger charge is 2.43. The summed E-state index contributed by atoms with van der Waals surface area (Å²) in [5, 5.41) is 5.58. The van der Waals surface area contributed by atoms with Gasteiger partial charge in [0.15, 0.2) is 0 Å². The molecule has 0 bridgehead atoms. The van der Waals surface area contributed by atoms with Crippen LogP contribution in [0.15, 0.2) is 78.0 Å². The van der Waals surface area contributed by atoms with Gasteiger partial charge in [0.05, 0.1) is 5.71 Å². The van der Waals surface area contributed by atoms with Crippen LogP contribution in [0.3, 0.4) is 0 Å². The van der Waals surface area contributed by atoms with Gasteiger partial charge in [0.2, 0.25) is 0 Å². The zero-order valence-electron chi connectivity index (χ0n) is 19.3. The second-order valence-electron chi connectivity index (χ2n) is 9.12. The van der Waals surface area contributed by atoms with Gasteiger partial charge in [-0.1, -0.05) is 71.8 Å². The largest absolute Gasteiger partial charge is 0.300 e. The van der Waals surface area contributed by atoms with Crippen molar-refractivity contribution in [3.8, 4) is 0 Å². The predicted octanol–water partition coefficient (Wildman–Crippen LogP) is 5.97. The van der Waals surface area contributed by atoms with Crippen LogP contribution in [0.5, 0.6) is 0 Å². The minimum atomic E-state index is -0.289. The Hall–Kier alpha value is -2.99. The minimum absolute atomic E-state index is 0.0660. The molecule has 3 aromatic rings. The van der Waals surface area contributed by atoms with Crippen molar-refractivity contribution in [2.45, 2.75) is 24.7 Å². The average Bonchev–Trinajstić information content (AvgIpc) is 3.18. The second-order valence-corrected chi connectivity index (χ2v) is 9.95. The first-order chi connectivity index (χ1) is 17.0. The van der Waals surface area contributed by atoms with E-state index in [1.165, 1.54) is 17.8 Å². The lowest BCUT2D eigenvalue weighted by atomic mass is 9.74. The Morgan fingerprint density at radius 2 is 1.86 bits per heavy atom. The van der Waals surface area contributed by atoms with Gasteiger partial charge in [0, 0.05) is 40.7 Å². The van der Waals surface area contributed by atoms with Crippen LogP contribution >= 0.6 is 23.2 Å². The average molecular weight is 505 g/mol. The number of rotatable bonds is 5. The Kier molecular flexibility index (Phi) is 7.00. The van der Waals surface area contributed by atoms with Crippen LogP contribution in [-0.2, 0) is 5.41 Å². The van der Waals surface area contributed by atoms with Crippen molar-refractivity contribution in [3.63, 3.8) is 0 Å². The Bertz CT molecular complexity index is 1280. The van der Waals surface area contributed by atoms with Gasteiger partial charge in [-0.25, -0.2) is 10.4 Å². The monoisotopic (exact) mass is 504 g/mol. The molecule has 5 nitrogen and oxygen atoms in total. The number of carbonyl (C=O) groups excluding carboxylic acids is 1. The van der Waals surface area contributed by atoms with Gasteiger partial charge in [0.25, 0.3) is 5.91 Å². The molecule has 1 spiro atoms. The van der Waals surface area contributed by atoms with E-state index < -0.39 is 0 Å². The molecular weight excluding hydrogens is 479 g/mol. The summed E-state index contributed by atoms with van der Waals surface area (Å²) in [7, 11) is 0. The van der Waals surface area contributed by atoms with E-state index >= 15 is 0 Å². The maximum absolute atomic E-state index is 12.6. The Labute approximate surface area is 215 Å². The molecule has 2 aliphatic rings. The first-order valence-electron chi connectivity index (χ1n) is 11.8. The van der Waals surface area contributed by atoms with Crippen molar-refractivity contribution in [1.29, 1.82) is 0 Å². The van der Waals surface area contributed by atoms with Crippen LogP contribution in [0.1, 0.15) is 46.3 Å². The van der Waals surface area contributed by atoms with E-state index in [0.29, 0.717) is 5.56 Å². The van der Waals surface area contributed by atoms with E-state index in [0.717, 1.165) is 60.8 Å². The number of piperidine rings is 1. The van der Waals surface area contributed by atoms with E-state index in [4.69, 9.17) is 23.2 Å². The first-order valence-corrected chi connectivity index (χ1v) is 12.5. The van der Waals surface area contributed by atoms with E-state index in [1.54, 1.807) is 6.07 Å². The first kappa shape index (κ1) is 23.7. The van der Waals surface area contributed by atoms with Crippen molar-refractivity contribution in [1.82, 2.24) is 15.3 Å². The van der Waals surface area contributed by atoms with Crippen molar-refractivity contribution in [2.75, 3.05) is 19.6 Å². The highest BCUT2D eigenvalue weighted by Crippen LogP contribution is 2.46. The molecule has 35 heavy (non-hydrogen) atoms. The molecular formula is C28H26Cl2N4O. The molecule has 1 aliphatic heterocycles. The topological polar surface area (TPSA) is 57.6 Å². The molecule has 178 valence electrons. The summed E-state index contributed by atoms with van der Waals surface area (Å²) >= 11 is 11.9. The summed E-state index contributed by atoms with van der Waals surface area (Å²) in [6.45, 7) is 2.97. The van der Waals surface area contributed by atoms with Gasteiger partial charge in [-0.2, -0.15) is 5.10 Å². The van der Waals surface area contributed by atoms with E-state index in [1.807, 2.05) is 30.3 Å². The number of nitrogens with zero attached hydrogens (tertiary/aromatic N) is 3. The van der Waals surface area contributed by atoms with Crippen molar-refractivity contribution < 1.29 is 4.79 Å². The van der Waals surface area contributed by atoms with Crippen LogP contribution in [0.25, 0.3) is 6.08 Å².